The zero-order valence-corrected chi connectivity index (χ0v) is 12.4. The fraction of sp³-hybridized carbons (Fsp3) is 0.400. The molecule has 1 aromatic rings. The minimum absolute atomic E-state index is 0.260. The van der Waals surface area contributed by atoms with Crippen LogP contribution in [0.4, 0.5) is 0 Å². The molecular formula is C15H18N2O5. The molecule has 1 aliphatic heterocycles. The van der Waals surface area contributed by atoms with Crippen molar-refractivity contribution in [2.24, 2.45) is 0 Å². The lowest BCUT2D eigenvalue weighted by Crippen LogP contribution is -2.49. The number of carbonyl (C=O) groups excluding carboxylic acids is 2. The van der Waals surface area contributed by atoms with Gasteiger partial charge in [0.05, 0.1) is 0 Å². The Morgan fingerprint density at radius 1 is 1.23 bits per heavy atom. The Kier molecular flexibility index (Phi) is 4.77. The minimum atomic E-state index is -1.18. The van der Waals surface area contributed by atoms with Crippen molar-refractivity contribution >= 4 is 17.8 Å². The van der Waals surface area contributed by atoms with Crippen molar-refractivity contribution in [2.75, 3.05) is 14.1 Å². The number of likely N-dealkylation sites (N-methyl/N-ethyl adjacent to an activating group) is 1. The first-order valence-corrected chi connectivity index (χ1v) is 6.84. The fourth-order valence-electron chi connectivity index (χ4n) is 2.11. The van der Waals surface area contributed by atoms with E-state index in [0.717, 1.165) is 5.56 Å². The number of benzene rings is 1. The molecule has 0 bridgehead atoms. The molecule has 7 nitrogen and oxygen atoms in total. The van der Waals surface area contributed by atoms with Crippen molar-refractivity contribution in [3.63, 3.8) is 0 Å². The van der Waals surface area contributed by atoms with Crippen LogP contribution in [0.15, 0.2) is 30.3 Å². The number of epoxide rings is 1. The van der Waals surface area contributed by atoms with Gasteiger partial charge >= 0.3 is 5.97 Å². The van der Waals surface area contributed by atoms with Crippen LogP contribution < -0.4 is 5.32 Å². The molecule has 1 saturated heterocycles. The standard InChI is InChI=1S/C15H18N2O5/c1-17(2)14(19)10(8-9-6-4-3-5-7-9)16-13(18)11-12(22-11)15(20)21/h3-7,10-12H,8H2,1-2H3,(H,16,18)(H,20,21)/t10-,11?,12?/m0/s1. The first kappa shape index (κ1) is 16.0. The Morgan fingerprint density at radius 2 is 1.86 bits per heavy atom. The molecule has 2 N–H and O–H groups in total. The zero-order chi connectivity index (χ0) is 16.3. The molecule has 1 aromatic carbocycles. The number of rotatable bonds is 6. The van der Waals surface area contributed by atoms with E-state index in [9.17, 15) is 14.4 Å². The van der Waals surface area contributed by atoms with Crippen molar-refractivity contribution in [3.8, 4) is 0 Å². The van der Waals surface area contributed by atoms with Crippen LogP contribution in [-0.4, -0.2) is 60.1 Å². The van der Waals surface area contributed by atoms with Crippen LogP contribution in [0.1, 0.15) is 5.56 Å². The number of aliphatic carboxylic acids is 1. The van der Waals surface area contributed by atoms with E-state index < -0.39 is 30.1 Å². The van der Waals surface area contributed by atoms with Gasteiger partial charge < -0.3 is 20.1 Å². The molecule has 0 spiro atoms. The number of carboxylic acid groups (broad SMARTS) is 1. The smallest absolute Gasteiger partial charge is 0.336 e. The average molecular weight is 306 g/mol. The molecule has 2 amide bonds. The van der Waals surface area contributed by atoms with E-state index in [0.29, 0.717) is 6.42 Å². The lowest BCUT2D eigenvalue weighted by Gasteiger charge is -2.21. The van der Waals surface area contributed by atoms with Gasteiger partial charge in [0, 0.05) is 20.5 Å². The summed E-state index contributed by atoms with van der Waals surface area (Å²) >= 11 is 0. The monoisotopic (exact) mass is 306 g/mol. The number of carbonyl (C=O) groups is 3. The third-order valence-electron chi connectivity index (χ3n) is 3.33. The summed E-state index contributed by atoms with van der Waals surface area (Å²) < 4.78 is 4.80. The van der Waals surface area contributed by atoms with Crippen molar-refractivity contribution in [2.45, 2.75) is 24.7 Å². The zero-order valence-electron chi connectivity index (χ0n) is 12.4. The van der Waals surface area contributed by atoms with Crippen LogP contribution in [0.3, 0.4) is 0 Å². The van der Waals surface area contributed by atoms with Gasteiger partial charge in [-0.3, -0.25) is 9.59 Å². The normalized spacial score (nSPS) is 20.8. The summed E-state index contributed by atoms with van der Waals surface area (Å²) in [5, 5.41) is 11.3. The maximum absolute atomic E-state index is 12.2. The van der Waals surface area contributed by atoms with Crippen LogP contribution in [0, 0.1) is 0 Å². The molecule has 1 aliphatic rings. The highest BCUT2D eigenvalue weighted by Crippen LogP contribution is 2.22. The van der Waals surface area contributed by atoms with Gasteiger partial charge in [-0.25, -0.2) is 4.79 Å². The quantitative estimate of drug-likeness (QED) is 0.700. The van der Waals surface area contributed by atoms with E-state index in [1.165, 1.54) is 4.90 Å². The van der Waals surface area contributed by atoms with Crippen LogP contribution in [0.2, 0.25) is 0 Å². The van der Waals surface area contributed by atoms with Crippen LogP contribution in [-0.2, 0) is 25.5 Å². The van der Waals surface area contributed by atoms with E-state index in [2.05, 4.69) is 5.32 Å². The molecule has 0 aliphatic carbocycles. The Bertz CT molecular complexity index is 573. The van der Waals surface area contributed by atoms with Crippen LogP contribution in [0.25, 0.3) is 0 Å². The number of hydrogen-bond donors (Lipinski definition) is 2. The Hall–Kier alpha value is -2.41. The summed E-state index contributed by atoms with van der Waals surface area (Å²) in [4.78, 5) is 36.3. The van der Waals surface area contributed by atoms with Crippen molar-refractivity contribution in [1.82, 2.24) is 10.2 Å². The lowest BCUT2D eigenvalue weighted by atomic mass is 10.0. The van der Waals surface area contributed by atoms with E-state index in [-0.39, 0.29) is 5.91 Å². The fourth-order valence-corrected chi connectivity index (χ4v) is 2.11. The third kappa shape index (κ3) is 3.82. The van der Waals surface area contributed by atoms with Gasteiger partial charge in [0.25, 0.3) is 5.91 Å². The first-order valence-electron chi connectivity index (χ1n) is 6.84. The largest absolute Gasteiger partial charge is 0.479 e. The number of carboxylic acids is 1. The molecule has 0 aromatic heterocycles. The van der Waals surface area contributed by atoms with Gasteiger partial charge in [-0.2, -0.15) is 0 Å². The minimum Gasteiger partial charge on any atom is -0.479 e. The van der Waals surface area contributed by atoms with Crippen molar-refractivity contribution in [1.29, 1.82) is 0 Å². The van der Waals surface area contributed by atoms with E-state index in [4.69, 9.17) is 9.84 Å². The highest BCUT2D eigenvalue weighted by Gasteiger charge is 2.51. The van der Waals surface area contributed by atoms with E-state index in [1.54, 1.807) is 14.1 Å². The molecule has 7 heteroatoms. The predicted octanol–water partition coefficient (Wildman–Crippen LogP) is -0.346. The third-order valence-corrected chi connectivity index (χ3v) is 3.33. The van der Waals surface area contributed by atoms with E-state index >= 15 is 0 Å². The summed E-state index contributed by atoms with van der Waals surface area (Å²) in [6.45, 7) is 0. The molecular weight excluding hydrogens is 288 g/mol. The van der Waals surface area contributed by atoms with Gasteiger partial charge in [-0.15, -0.1) is 0 Å². The molecule has 1 fully saturated rings. The Labute approximate surface area is 127 Å². The molecule has 3 atom stereocenters. The average Bonchev–Trinajstić information content (AvgIpc) is 3.27. The van der Waals surface area contributed by atoms with Gasteiger partial charge in [-0.05, 0) is 5.56 Å². The highest BCUT2D eigenvalue weighted by molar-refractivity contribution is 5.95. The molecule has 1 heterocycles. The second-order valence-electron chi connectivity index (χ2n) is 5.30. The second kappa shape index (κ2) is 6.57. The number of nitrogens with one attached hydrogen (secondary N) is 1. The number of hydrogen-bond acceptors (Lipinski definition) is 4. The molecule has 118 valence electrons. The lowest BCUT2D eigenvalue weighted by molar-refractivity contribution is -0.138. The molecule has 2 rings (SSSR count). The SMILES string of the molecule is CN(C)C(=O)[C@H](Cc1ccccc1)NC(=O)C1OC1C(=O)O. The highest BCUT2D eigenvalue weighted by atomic mass is 16.6. The topological polar surface area (TPSA) is 99.2 Å². The summed E-state index contributed by atoms with van der Waals surface area (Å²) in [6.07, 6.45) is -1.81. The van der Waals surface area contributed by atoms with Crippen LogP contribution >= 0.6 is 0 Å². The van der Waals surface area contributed by atoms with Gasteiger partial charge in [-0.1, -0.05) is 30.3 Å². The van der Waals surface area contributed by atoms with Crippen LogP contribution in [0.5, 0.6) is 0 Å². The maximum Gasteiger partial charge on any atom is 0.336 e. The number of amides is 2. The van der Waals surface area contributed by atoms with Crippen molar-refractivity contribution in [3.05, 3.63) is 35.9 Å². The van der Waals surface area contributed by atoms with Gasteiger partial charge in [0.2, 0.25) is 5.91 Å². The summed E-state index contributed by atoms with van der Waals surface area (Å²) in [6, 6.07) is 8.51. The predicted molar refractivity (Wildman–Crippen MR) is 77.1 cm³/mol. The Balaban J connectivity index is 2.04. The van der Waals surface area contributed by atoms with E-state index in [1.807, 2.05) is 30.3 Å². The Morgan fingerprint density at radius 3 is 2.36 bits per heavy atom. The number of ether oxygens (including phenoxy) is 1. The molecule has 22 heavy (non-hydrogen) atoms. The first-order chi connectivity index (χ1) is 10.4. The summed E-state index contributed by atoms with van der Waals surface area (Å²) in [7, 11) is 3.19. The van der Waals surface area contributed by atoms with Gasteiger partial charge in [0.1, 0.15) is 6.04 Å². The molecule has 0 saturated carbocycles. The van der Waals surface area contributed by atoms with Gasteiger partial charge in [0.15, 0.2) is 12.2 Å². The molecule has 2 unspecified atom stereocenters. The summed E-state index contributed by atoms with van der Waals surface area (Å²) in [5.41, 5.74) is 0.898. The number of nitrogens with zero attached hydrogens (tertiary/aromatic N) is 1. The second-order valence-corrected chi connectivity index (χ2v) is 5.30. The molecule has 0 radical (unpaired) electrons. The maximum atomic E-state index is 12.2. The van der Waals surface area contributed by atoms with Crippen molar-refractivity contribution < 1.29 is 24.2 Å². The summed E-state index contributed by atoms with van der Waals surface area (Å²) in [5.74, 6) is -2.02.